The van der Waals surface area contributed by atoms with Crippen molar-refractivity contribution >= 4 is 27.3 Å². The smallest absolute Gasteiger partial charge is 0.243 e. The maximum Gasteiger partial charge on any atom is 0.243 e. The largest absolute Gasteiger partial charge is 0.379 e. The van der Waals surface area contributed by atoms with Crippen molar-refractivity contribution in [2.45, 2.75) is 18.0 Å². The molecule has 1 fully saturated rings. The van der Waals surface area contributed by atoms with Gasteiger partial charge in [0.1, 0.15) is 5.65 Å². The number of imidazole rings is 1. The van der Waals surface area contributed by atoms with E-state index in [1.807, 2.05) is 41.1 Å². The summed E-state index contributed by atoms with van der Waals surface area (Å²) in [6.07, 6.45) is 3.76. The number of halogens is 1. The van der Waals surface area contributed by atoms with Gasteiger partial charge in [-0.1, -0.05) is 23.7 Å². The molecule has 4 rings (SSSR count). The van der Waals surface area contributed by atoms with Crippen molar-refractivity contribution in [3.8, 4) is 0 Å². The highest BCUT2D eigenvalue weighted by Gasteiger charge is 2.25. The summed E-state index contributed by atoms with van der Waals surface area (Å²) in [4.78, 5) is 4.85. The molecule has 3 heterocycles. The van der Waals surface area contributed by atoms with Crippen LogP contribution in [0.25, 0.3) is 5.65 Å². The topological polar surface area (TPSA) is 75.9 Å². The maximum atomic E-state index is 12.6. The molecule has 3 aromatic rings. The average molecular weight is 421 g/mol. The Hall–Kier alpha value is -1.97. The lowest BCUT2D eigenvalue weighted by molar-refractivity contribution is 0.0730. The number of nitrogens with zero attached hydrogens (tertiary/aromatic N) is 3. The van der Waals surface area contributed by atoms with Gasteiger partial charge in [-0.2, -0.15) is 4.31 Å². The molecule has 1 saturated heterocycles. The average Bonchev–Trinajstić information content (AvgIpc) is 3.11. The van der Waals surface area contributed by atoms with Crippen molar-refractivity contribution in [2.24, 2.45) is 0 Å². The second-order valence-corrected chi connectivity index (χ2v) is 8.98. The van der Waals surface area contributed by atoms with Crippen LogP contribution in [0.4, 0.5) is 0 Å². The molecule has 148 valence electrons. The van der Waals surface area contributed by atoms with Crippen molar-refractivity contribution in [2.75, 3.05) is 26.3 Å². The third kappa shape index (κ3) is 4.21. The summed E-state index contributed by atoms with van der Waals surface area (Å²) in [7, 11) is -3.45. The van der Waals surface area contributed by atoms with Crippen molar-refractivity contribution < 1.29 is 13.2 Å². The Morgan fingerprint density at radius 1 is 1.04 bits per heavy atom. The van der Waals surface area contributed by atoms with Crippen LogP contribution < -0.4 is 5.32 Å². The molecule has 28 heavy (non-hydrogen) atoms. The fourth-order valence-corrected chi connectivity index (χ4v) is 4.73. The second-order valence-electron chi connectivity index (χ2n) is 6.61. The molecule has 0 spiro atoms. The van der Waals surface area contributed by atoms with Gasteiger partial charge in [-0.25, -0.2) is 13.4 Å². The molecule has 0 atom stereocenters. The van der Waals surface area contributed by atoms with Gasteiger partial charge in [0.2, 0.25) is 10.0 Å². The van der Waals surface area contributed by atoms with Crippen LogP contribution in [-0.4, -0.2) is 48.4 Å². The fourth-order valence-electron chi connectivity index (χ4n) is 3.15. The number of ether oxygens (including phenoxy) is 1. The van der Waals surface area contributed by atoms with E-state index in [0.717, 1.165) is 16.9 Å². The highest BCUT2D eigenvalue weighted by atomic mass is 35.5. The van der Waals surface area contributed by atoms with Gasteiger partial charge in [-0.05, 0) is 29.8 Å². The molecular weight excluding hydrogens is 400 g/mol. The number of rotatable bonds is 6. The number of hydrogen-bond donors (Lipinski definition) is 1. The third-order valence-corrected chi connectivity index (χ3v) is 6.77. The van der Waals surface area contributed by atoms with E-state index in [-0.39, 0.29) is 0 Å². The minimum Gasteiger partial charge on any atom is -0.379 e. The number of hydrogen-bond acceptors (Lipinski definition) is 5. The highest BCUT2D eigenvalue weighted by molar-refractivity contribution is 7.89. The van der Waals surface area contributed by atoms with Crippen molar-refractivity contribution in [3.63, 3.8) is 0 Å². The van der Waals surface area contributed by atoms with Crippen LogP contribution in [-0.2, 0) is 27.8 Å². The molecule has 0 aliphatic carbocycles. The van der Waals surface area contributed by atoms with Crippen molar-refractivity contribution in [1.29, 1.82) is 0 Å². The first-order chi connectivity index (χ1) is 13.5. The lowest BCUT2D eigenvalue weighted by Gasteiger charge is -2.26. The Balaban J connectivity index is 1.36. The lowest BCUT2D eigenvalue weighted by Crippen LogP contribution is -2.40. The minimum atomic E-state index is -3.45. The van der Waals surface area contributed by atoms with Crippen LogP contribution in [0.3, 0.4) is 0 Å². The predicted octanol–water partition coefficient (Wildman–Crippen LogP) is 2.30. The Morgan fingerprint density at radius 2 is 1.79 bits per heavy atom. The number of pyridine rings is 1. The van der Waals surface area contributed by atoms with Gasteiger partial charge < -0.3 is 14.5 Å². The lowest BCUT2D eigenvalue weighted by atomic mass is 10.2. The SMILES string of the molecule is O=S(=O)(c1ccc(CNCc2cn3cc(Cl)ccc3n2)cc1)N1CCOCC1. The van der Waals surface area contributed by atoms with E-state index in [0.29, 0.717) is 49.3 Å². The van der Waals surface area contributed by atoms with Gasteiger partial charge in [0.25, 0.3) is 0 Å². The number of morpholine rings is 1. The highest BCUT2D eigenvalue weighted by Crippen LogP contribution is 2.18. The Kier molecular flexibility index (Phi) is 5.65. The Labute approximate surface area is 168 Å². The molecule has 1 N–H and O–H groups in total. The molecule has 0 bridgehead atoms. The molecule has 0 saturated carbocycles. The number of benzene rings is 1. The number of aromatic nitrogens is 2. The molecule has 0 radical (unpaired) electrons. The van der Waals surface area contributed by atoms with E-state index in [4.69, 9.17) is 16.3 Å². The summed E-state index contributed by atoms with van der Waals surface area (Å²) < 4.78 is 33.9. The zero-order valence-corrected chi connectivity index (χ0v) is 16.8. The molecule has 9 heteroatoms. The van der Waals surface area contributed by atoms with Gasteiger partial charge in [0.05, 0.1) is 28.8 Å². The van der Waals surface area contributed by atoms with Crippen molar-refractivity contribution in [3.05, 3.63) is 65.1 Å². The standard InChI is InChI=1S/C19H21ClN4O3S/c20-16-3-6-19-22-17(14-23(19)13-16)12-21-11-15-1-4-18(5-2-15)28(25,26)24-7-9-27-10-8-24/h1-6,13-14,21H,7-12H2. The maximum absolute atomic E-state index is 12.6. The summed E-state index contributed by atoms with van der Waals surface area (Å²) in [5.74, 6) is 0. The van der Waals surface area contributed by atoms with E-state index >= 15 is 0 Å². The summed E-state index contributed by atoms with van der Waals surface area (Å²) in [6.45, 7) is 2.90. The zero-order chi connectivity index (χ0) is 19.6. The van der Waals surface area contributed by atoms with Gasteiger partial charge in [-0.15, -0.1) is 0 Å². The predicted molar refractivity (Wildman–Crippen MR) is 107 cm³/mol. The molecular formula is C19H21ClN4O3S. The number of sulfonamides is 1. The minimum absolute atomic E-state index is 0.315. The van der Waals surface area contributed by atoms with E-state index in [9.17, 15) is 8.42 Å². The van der Waals surface area contributed by atoms with Gasteiger partial charge in [-0.3, -0.25) is 0 Å². The molecule has 1 aromatic carbocycles. The van der Waals surface area contributed by atoms with Crippen LogP contribution in [0.2, 0.25) is 5.02 Å². The fraction of sp³-hybridized carbons (Fsp3) is 0.316. The number of nitrogens with one attached hydrogen (secondary N) is 1. The summed E-state index contributed by atoms with van der Waals surface area (Å²) in [5, 5.41) is 3.99. The summed E-state index contributed by atoms with van der Waals surface area (Å²) in [5.41, 5.74) is 2.76. The van der Waals surface area contributed by atoms with Crippen LogP contribution in [0.15, 0.2) is 53.7 Å². The van der Waals surface area contributed by atoms with Crippen LogP contribution >= 0.6 is 11.6 Å². The Morgan fingerprint density at radius 3 is 2.54 bits per heavy atom. The normalized spacial score (nSPS) is 15.9. The van der Waals surface area contributed by atoms with Crippen molar-refractivity contribution in [1.82, 2.24) is 19.0 Å². The summed E-state index contributed by atoms with van der Waals surface area (Å²) in [6, 6.07) is 10.7. The molecule has 7 nitrogen and oxygen atoms in total. The summed E-state index contributed by atoms with van der Waals surface area (Å²) >= 11 is 5.99. The Bertz CT molecular complexity index is 1060. The zero-order valence-electron chi connectivity index (χ0n) is 15.2. The molecule has 0 amide bonds. The molecule has 1 aliphatic rings. The van der Waals surface area contributed by atoms with E-state index in [1.165, 1.54) is 4.31 Å². The molecule has 2 aromatic heterocycles. The number of fused-ring (bicyclic) bond motifs is 1. The van der Waals surface area contributed by atoms with E-state index in [1.54, 1.807) is 12.1 Å². The first-order valence-electron chi connectivity index (χ1n) is 9.03. The van der Waals surface area contributed by atoms with Crippen LogP contribution in [0, 0.1) is 0 Å². The van der Waals surface area contributed by atoms with Gasteiger partial charge in [0, 0.05) is 38.6 Å². The van der Waals surface area contributed by atoms with Gasteiger partial charge in [0.15, 0.2) is 0 Å². The van der Waals surface area contributed by atoms with Gasteiger partial charge >= 0.3 is 0 Å². The molecule has 0 unspecified atom stereocenters. The first-order valence-corrected chi connectivity index (χ1v) is 10.8. The van der Waals surface area contributed by atoms with E-state index < -0.39 is 10.0 Å². The van der Waals surface area contributed by atoms with Crippen LogP contribution in [0.1, 0.15) is 11.3 Å². The monoisotopic (exact) mass is 420 g/mol. The van der Waals surface area contributed by atoms with E-state index in [2.05, 4.69) is 10.3 Å². The first kappa shape index (κ1) is 19.4. The second kappa shape index (κ2) is 8.18. The van der Waals surface area contributed by atoms with Crippen LogP contribution in [0.5, 0.6) is 0 Å². The third-order valence-electron chi connectivity index (χ3n) is 4.63. The molecule has 1 aliphatic heterocycles. The quantitative estimate of drug-likeness (QED) is 0.662.